The van der Waals surface area contributed by atoms with Crippen LogP contribution in [0.2, 0.25) is 0 Å². The summed E-state index contributed by atoms with van der Waals surface area (Å²) in [6.07, 6.45) is 0. The number of nitrogen functional groups attached to an aromatic ring is 1. The van der Waals surface area contributed by atoms with Gasteiger partial charge in [0.1, 0.15) is 0 Å². The molecule has 32 heavy (non-hydrogen) atoms. The van der Waals surface area contributed by atoms with Gasteiger partial charge < -0.3 is 11.1 Å². The maximum atomic E-state index is 6.35. The van der Waals surface area contributed by atoms with E-state index in [0.717, 1.165) is 17.1 Å². The number of para-hydroxylation sites is 3. The summed E-state index contributed by atoms with van der Waals surface area (Å²) in [5.74, 6) is 0. The Balaban J connectivity index is 1.95. The number of rotatable bonds is 6. The van der Waals surface area contributed by atoms with E-state index < -0.39 is 0 Å². The molecule has 0 unspecified atom stereocenters. The molecule has 0 aliphatic rings. The average molecular weight is 421 g/mol. The SMILES string of the molecule is CC(C)(c1ccccc1)c1cccc(C(C)(C)c2ccccc2)c1Nc1ccccc1N. The second kappa shape index (κ2) is 8.55. The van der Waals surface area contributed by atoms with E-state index in [4.69, 9.17) is 5.73 Å². The minimum absolute atomic E-state index is 0.198. The maximum Gasteiger partial charge on any atom is 0.0618 e. The summed E-state index contributed by atoms with van der Waals surface area (Å²) in [4.78, 5) is 0. The van der Waals surface area contributed by atoms with Gasteiger partial charge in [-0.25, -0.2) is 0 Å². The van der Waals surface area contributed by atoms with Gasteiger partial charge in [0.05, 0.1) is 11.4 Å². The highest BCUT2D eigenvalue weighted by Crippen LogP contribution is 2.44. The number of hydrogen-bond donors (Lipinski definition) is 2. The Morgan fingerprint density at radius 3 is 1.44 bits per heavy atom. The molecule has 0 fully saturated rings. The first-order valence-corrected chi connectivity index (χ1v) is 11.2. The third-order valence-electron chi connectivity index (χ3n) is 6.62. The van der Waals surface area contributed by atoms with Crippen LogP contribution >= 0.6 is 0 Å². The van der Waals surface area contributed by atoms with Gasteiger partial charge in [-0.05, 0) is 34.4 Å². The van der Waals surface area contributed by atoms with Gasteiger partial charge in [-0.1, -0.05) is 119 Å². The minimum Gasteiger partial charge on any atom is -0.397 e. The van der Waals surface area contributed by atoms with Crippen molar-refractivity contribution in [2.45, 2.75) is 38.5 Å². The van der Waals surface area contributed by atoms with E-state index in [1.54, 1.807) is 0 Å². The van der Waals surface area contributed by atoms with Gasteiger partial charge in [0.15, 0.2) is 0 Å². The monoisotopic (exact) mass is 420 g/mol. The van der Waals surface area contributed by atoms with E-state index in [-0.39, 0.29) is 10.8 Å². The Labute approximate surface area is 192 Å². The third kappa shape index (κ3) is 4.01. The van der Waals surface area contributed by atoms with Crippen molar-refractivity contribution in [3.05, 3.63) is 125 Å². The summed E-state index contributed by atoms with van der Waals surface area (Å²) in [6.45, 7) is 9.15. The molecule has 4 rings (SSSR count). The molecule has 4 aromatic rings. The Morgan fingerprint density at radius 2 is 0.969 bits per heavy atom. The normalized spacial score (nSPS) is 11.9. The molecule has 0 aliphatic carbocycles. The summed E-state index contributed by atoms with van der Waals surface area (Å²) in [7, 11) is 0. The molecule has 0 aliphatic heterocycles. The molecular weight excluding hydrogens is 388 g/mol. The van der Waals surface area contributed by atoms with Gasteiger partial charge >= 0.3 is 0 Å². The van der Waals surface area contributed by atoms with Crippen LogP contribution in [-0.4, -0.2) is 0 Å². The Hall–Kier alpha value is -3.52. The third-order valence-corrected chi connectivity index (χ3v) is 6.62. The van der Waals surface area contributed by atoms with Crippen LogP contribution in [0.5, 0.6) is 0 Å². The van der Waals surface area contributed by atoms with Crippen molar-refractivity contribution in [1.82, 2.24) is 0 Å². The van der Waals surface area contributed by atoms with E-state index in [9.17, 15) is 0 Å². The molecule has 0 amide bonds. The van der Waals surface area contributed by atoms with Crippen LogP contribution in [-0.2, 0) is 10.8 Å². The summed E-state index contributed by atoms with van der Waals surface area (Å²) < 4.78 is 0. The Morgan fingerprint density at radius 1 is 0.531 bits per heavy atom. The summed E-state index contributed by atoms with van der Waals surface area (Å²) >= 11 is 0. The van der Waals surface area contributed by atoms with E-state index in [2.05, 4.69) is 112 Å². The van der Waals surface area contributed by atoms with Gasteiger partial charge in [0.2, 0.25) is 0 Å². The molecule has 162 valence electrons. The lowest BCUT2D eigenvalue weighted by Crippen LogP contribution is -2.25. The van der Waals surface area contributed by atoms with Crippen molar-refractivity contribution < 1.29 is 0 Å². The fraction of sp³-hybridized carbons (Fsp3) is 0.200. The van der Waals surface area contributed by atoms with Crippen molar-refractivity contribution in [3.8, 4) is 0 Å². The highest BCUT2D eigenvalue weighted by Gasteiger charge is 2.32. The number of nitrogens with one attached hydrogen (secondary N) is 1. The molecule has 4 aromatic carbocycles. The number of nitrogens with two attached hydrogens (primary N) is 1. The molecule has 0 saturated carbocycles. The van der Waals surface area contributed by atoms with Crippen LogP contribution in [0.4, 0.5) is 17.1 Å². The fourth-order valence-electron chi connectivity index (χ4n) is 4.49. The van der Waals surface area contributed by atoms with Crippen LogP contribution in [0, 0.1) is 0 Å². The van der Waals surface area contributed by atoms with Crippen molar-refractivity contribution in [2.24, 2.45) is 0 Å². The summed E-state index contributed by atoms with van der Waals surface area (Å²) in [6, 6.07) is 36.0. The topological polar surface area (TPSA) is 38.0 Å². The van der Waals surface area contributed by atoms with Crippen molar-refractivity contribution in [2.75, 3.05) is 11.1 Å². The fourth-order valence-corrected chi connectivity index (χ4v) is 4.49. The van der Waals surface area contributed by atoms with Crippen LogP contribution < -0.4 is 11.1 Å². The summed E-state index contributed by atoms with van der Waals surface area (Å²) in [5.41, 5.74) is 13.8. The quantitative estimate of drug-likeness (QED) is 0.314. The van der Waals surface area contributed by atoms with E-state index in [0.29, 0.717) is 0 Å². The first-order valence-electron chi connectivity index (χ1n) is 11.2. The lowest BCUT2D eigenvalue weighted by atomic mass is 9.72. The lowest BCUT2D eigenvalue weighted by molar-refractivity contribution is 0.621. The molecule has 2 heteroatoms. The highest BCUT2D eigenvalue weighted by molar-refractivity contribution is 5.78. The average Bonchev–Trinajstić information content (AvgIpc) is 2.81. The van der Waals surface area contributed by atoms with Gasteiger partial charge in [-0.2, -0.15) is 0 Å². The minimum atomic E-state index is -0.198. The van der Waals surface area contributed by atoms with Crippen molar-refractivity contribution >= 4 is 17.1 Å². The van der Waals surface area contributed by atoms with Crippen molar-refractivity contribution in [1.29, 1.82) is 0 Å². The zero-order valence-electron chi connectivity index (χ0n) is 19.4. The molecular formula is C30H32N2. The highest BCUT2D eigenvalue weighted by atomic mass is 14.9. The van der Waals surface area contributed by atoms with Crippen LogP contribution in [0.15, 0.2) is 103 Å². The molecule has 0 atom stereocenters. The van der Waals surface area contributed by atoms with E-state index in [1.807, 2.05) is 24.3 Å². The van der Waals surface area contributed by atoms with E-state index in [1.165, 1.54) is 22.3 Å². The number of hydrogen-bond acceptors (Lipinski definition) is 2. The standard InChI is InChI=1S/C30H32N2/c1-29(2,22-14-7-5-8-15-22)24-18-13-19-25(30(3,4)23-16-9-6-10-17-23)28(24)32-27-21-12-11-20-26(27)31/h5-21,32H,31H2,1-4H3. The molecule has 0 spiro atoms. The zero-order valence-corrected chi connectivity index (χ0v) is 19.4. The molecule has 3 N–H and O–H groups in total. The van der Waals surface area contributed by atoms with Gasteiger partial charge in [-0.15, -0.1) is 0 Å². The van der Waals surface area contributed by atoms with E-state index >= 15 is 0 Å². The predicted octanol–water partition coefficient (Wildman–Crippen LogP) is 7.66. The Bertz CT molecular complexity index is 1120. The van der Waals surface area contributed by atoms with Gasteiger partial charge in [0.25, 0.3) is 0 Å². The van der Waals surface area contributed by atoms with Crippen LogP contribution in [0.1, 0.15) is 49.9 Å². The number of anilines is 3. The van der Waals surface area contributed by atoms with Crippen molar-refractivity contribution in [3.63, 3.8) is 0 Å². The van der Waals surface area contributed by atoms with Gasteiger partial charge in [0, 0.05) is 16.5 Å². The second-order valence-corrected chi connectivity index (χ2v) is 9.42. The molecule has 0 saturated heterocycles. The molecule has 0 aromatic heterocycles. The lowest BCUT2D eigenvalue weighted by Gasteiger charge is -2.35. The van der Waals surface area contributed by atoms with Crippen LogP contribution in [0.25, 0.3) is 0 Å². The van der Waals surface area contributed by atoms with Crippen LogP contribution in [0.3, 0.4) is 0 Å². The van der Waals surface area contributed by atoms with Gasteiger partial charge in [-0.3, -0.25) is 0 Å². The number of benzene rings is 4. The Kier molecular flexibility index (Phi) is 5.80. The first-order chi connectivity index (χ1) is 15.3. The molecule has 2 nitrogen and oxygen atoms in total. The second-order valence-electron chi connectivity index (χ2n) is 9.42. The zero-order chi connectivity index (χ0) is 22.8. The molecule has 0 heterocycles. The smallest absolute Gasteiger partial charge is 0.0618 e. The molecule has 0 radical (unpaired) electrons. The largest absolute Gasteiger partial charge is 0.397 e. The maximum absolute atomic E-state index is 6.35. The predicted molar refractivity (Wildman–Crippen MR) is 138 cm³/mol. The summed E-state index contributed by atoms with van der Waals surface area (Å²) in [5, 5.41) is 3.74. The molecule has 0 bridgehead atoms. The first kappa shape index (κ1) is 21.7.